The third-order valence-corrected chi connectivity index (χ3v) is 2.64. The van der Waals surface area contributed by atoms with Crippen LogP contribution in [0.2, 0.25) is 0 Å². The Kier molecular flexibility index (Phi) is 3.35. The minimum atomic E-state index is 0.0406. The lowest BCUT2D eigenvalue weighted by molar-refractivity contribution is 0.506. The third kappa shape index (κ3) is 2.08. The van der Waals surface area contributed by atoms with E-state index in [9.17, 15) is 4.48 Å². The SMILES string of the molecule is Cc1n/c(=N\F)c2cc(C#CCN)ncc2n1C. The fourth-order valence-electron chi connectivity index (χ4n) is 1.63. The zero-order valence-corrected chi connectivity index (χ0v) is 10.1. The summed E-state index contributed by atoms with van der Waals surface area (Å²) < 4.78 is 14.4. The molecule has 2 N–H and O–H groups in total. The van der Waals surface area contributed by atoms with Crippen molar-refractivity contribution in [3.63, 3.8) is 0 Å². The summed E-state index contributed by atoms with van der Waals surface area (Å²) in [7, 11) is 1.83. The van der Waals surface area contributed by atoms with E-state index in [1.54, 1.807) is 19.2 Å². The molecule has 6 heteroatoms. The zero-order valence-electron chi connectivity index (χ0n) is 10.1. The van der Waals surface area contributed by atoms with Crippen molar-refractivity contribution >= 4 is 10.9 Å². The highest BCUT2D eigenvalue weighted by Crippen LogP contribution is 2.09. The molecular weight excluding hydrogens is 233 g/mol. The van der Waals surface area contributed by atoms with Gasteiger partial charge in [-0.2, -0.15) is 0 Å². The average molecular weight is 245 g/mol. The summed E-state index contributed by atoms with van der Waals surface area (Å²) in [5, 5.41) is 3.27. The van der Waals surface area contributed by atoms with Gasteiger partial charge in [-0.1, -0.05) is 15.6 Å². The summed E-state index contributed by atoms with van der Waals surface area (Å²) in [5.74, 6) is 6.15. The number of hydrogen-bond donors (Lipinski definition) is 1. The number of aromatic nitrogens is 3. The first-order chi connectivity index (χ1) is 8.67. The molecule has 0 saturated carbocycles. The normalized spacial score (nSPS) is 11.4. The lowest BCUT2D eigenvalue weighted by Crippen LogP contribution is -2.16. The number of pyridine rings is 1. The molecule has 0 bridgehead atoms. The molecule has 0 aliphatic rings. The van der Waals surface area contributed by atoms with E-state index < -0.39 is 0 Å². The van der Waals surface area contributed by atoms with Crippen LogP contribution >= 0.6 is 0 Å². The molecule has 2 heterocycles. The second-order valence-corrected chi connectivity index (χ2v) is 3.72. The van der Waals surface area contributed by atoms with Crippen molar-refractivity contribution in [1.29, 1.82) is 0 Å². The van der Waals surface area contributed by atoms with Gasteiger partial charge in [0, 0.05) is 7.05 Å². The maximum absolute atomic E-state index is 12.6. The number of fused-ring (bicyclic) bond motifs is 1. The molecule has 0 unspecified atom stereocenters. The van der Waals surface area contributed by atoms with Gasteiger partial charge in [0.1, 0.15) is 11.5 Å². The topological polar surface area (TPSA) is 69.1 Å². The second kappa shape index (κ2) is 4.94. The summed E-state index contributed by atoms with van der Waals surface area (Å²) in [5.41, 5.74) is 6.60. The van der Waals surface area contributed by atoms with Crippen molar-refractivity contribution in [3.05, 3.63) is 29.3 Å². The first-order valence-corrected chi connectivity index (χ1v) is 5.34. The van der Waals surface area contributed by atoms with Crippen LogP contribution in [-0.4, -0.2) is 21.1 Å². The quantitative estimate of drug-likeness (QED) is 0.682. The van der Waals surface area contributed by atoms with E-state index in [0.29, 0.717) is 16.9 Å². The van der Waals surface area contributed by atoms with Crippen LogP contribution in [0.4, 0.5) is 4.48 Å². The number of rotatable bonds is 0. The molecule has 0 aliphatic heterocycles. The van der Waals surface area contributed by atoms with Crippen molar-refractivity contribution < 1.29 is 4.48 Å². The van der Waals surface area contributed by atoms with Crippen LogP contribution in [-0.2, 0) is 7.05 Å². The molecule has 0 spiro atoms. The number of aryl methyl sites for hydroxylation is 2. The van der Waals surface area contributed by atoms with Gasteiger partial charge < -0.3 is 10.3 Å². The smallest absolute Gasteiger partial charge is 0.196 e. The predicted octanol–water partition coefficient (Wildman–Crippen LogP) is 0.372. The molecule has 0 saturated heterocycles. The first kappa shape index (κ1) is 12.2. The molecule has 92 valence electrons. The van der Waals surface area contributed by atoms with Crippen LogP contribution in [0.5, 0.6) is 0 Å². The predicted molar refractivity (Wildman–Crippen MR) is 65.8 cm³/mol. The Morgan fingerprint density at radius 3 is 3.00 bits per heavy atom. The van der Waals surface area contributed by atoms with Gasteiger partial charge in [0.2, 0.25) is 0 Å². The highest BCUT2D eigenvalue weighted by molar-refractivity contribution is 5.78. The summed E-state index contributed by atoms with van der Waals surface area (Å²) in [6, 6.07) is 1.66. The minimum absolute atomic E-state index is 0.0406. The number of halogens is 1. The molecule has 18 heavy (non-hydrogen) atoms. The van der Waals surface area contributed by atoms with Crippen LogP contribution in [0.25, 0.3) is 10.9 Å². The largest absolute Gasteiger partial charge is 0.331 e. The van der Waals surface area contributed by atoms with Crippen molar-refractivity contribution in [2.24, 2.45) is 18.0 Å². The summed E-state index contributed by atoms with van der Waals surface area (Å²) in [4.78, 5) is 8.24. The number of nitrogens with two attached hydrogens (primary N) is 1. The van der Waals surface area contributed by atoms with Crippen LogP contribution in [0.1, 0.15) is 11.5 Å². The van der Waals surface area contributed by atoms with E-state index in [2.05, 4.69) is 27.0 Å². The lowest BCUT2D eigenvalue weighted by atomic mass is 10.2. The highest BCUT2D eigenvalue weighted by atomic mass is 19.2. The van der Waals surface area contributed by atoms with Gasteiger partial charge in [0.15, 0.2) is 5.49 Å². The number of nitrogens with zero attached hydrogens (tertiary/aromatic N) is 4. The Hall–Kier alpha value is -2.26. The van der Waals surface area contributed by atoms with E-state index in [1.807, 2.05) is 11.6 Å². The summed E-state index contributed by atoms with van der Waals surface area (Å²) >= 11 is 0. The molecular formula is C12H12FN5. The van der Waals surface area contributed by atoms with Crippen LogP contribution in [0, 0.1) is 18.8 Å². The van der Waals surface area contributed by atoms with Gasteiger partial charge in [-0.25, -0.2) is 9.97 Å². The van der Waals surface area contributed by atoms with Gasteiger partial charge in [-0.15, -0.1) is 0 Å². The fraction of sp³-hybridized carbons (Fsp3) is 0.250. The molecule has 2 aromatic rings. The Morgan fingerprint density at radius 1 is 1.56 bits per heavy atom. The molecule has 0 aromatic carbocycles. The summed E-state index contributed by atoms with van der Waals surface area (Å²) in [6.45, 7) is 2.02. The van der Waals surface area contributed by atoms with Gasteiger partial charge in [0.05, 0.1) is 23.6 Å². The van der Waals surface area contributed by atoms with E-state index >= 15 is 0 Å². The minimum Gasteiger partial charge on any atom is -0.331 e. The third-order valence-electron chi connectivity index (χ3n) is 2.64. The number of hydrogen-bond acceptors (Lipinski definition) is 4. The van der Waals surface area contributed by atoms with Gasteiger partial charge in [-0.05, 0) is 18.9 Å². The van der Waals surface area contributed by atoms with Crippen LogP contribution in [0.15, 0.2) is 17.5 Å². The molecule has 0 amide bonds. The molecule has 0 fully saturated rings. The molecule has 2 aromatic heterocycles. The molecule has 0 aliphatic carbocycles. The standard InChI is InChI=1S/C12H12FN5/c1-8-16-12(17-13)10-6-9(4-3-5-14)15-7-11(10)18(8)2/h6-7H,5,14H2,1-2H3/b17-12-. The Labute approximate surface area is 103 Å². The maximum Gasteiger partial charge on any atom is 0.196 e. The van der Waals surface area contributed by atoms with Crippen molar-refractivity contribution in [3.8, 4) is 11.8 Å². The van der Waals surface area contributed by atoms with Crippen molar-refractivity contribution in [2.45, 2.75) is 6.92 Å². The van der Waals surface area contributed by atoms with E-state index in [1.165, 1.54) is 0 Å². The van der Waals surface area contributed by atoms with Gasteiger partial charge in [0.25, 0.3) is 0 Å². The molecule has 5 nitrogen and oxygen atoms in total. The lowest BCUT2D eigenvalue weighted by Gasteiger charge is -2.08. The van der Waals surface area contributed by atoms with Crippen LogP contribution in [0.3, 0.4) is 0 Å². The van der Waals surface area contributed by atoms with Crippen LogP contribution < -0.4 is 11.2 Å². The second-order valence-electron chi connectivity index (χ2n) is 3.72. The van der Waals surface area contributed by atoms with Gasteiger partial charge >= 0.3 is 0 Å². The molecule has 2 rings (SSSR count). The zero-order chi connectivity index (χ0) is 13.1. The maximum atomic E-state index is 12.6. The fourth-order valence-corrected chi connectivity index (χ4v) is 1.63. The van der Waals surface area contributed by atoms with Gasteiger partial charge in [-0.3, -0.25) is 0 Å². The van der Waals surface area contributed by atoms with Crippen molar-refractivity contribution in [1.82, 2.24) is 14.5 Å². The summed E-state index contributed by atoms with van der Waals surface area (Å²) in [6.07, 6.45) is 1.62. The highest BCUT2D eigenvalue weighted by Gasteiger charge is 2.05. The molecule has 0 atom stereocenters. The van der Waals surface area contributed by atoms with Crippen molar-refractivity contribution in [2.75, 3.05) is 6.54 Å². The van der Waals surface area contributed by atoms with E-state index in [-0.39, 0.29) is 12.0 Å². The average Bonchev–Trinajstić information content (AvgIpc) is 2.40. The first-order valence-electron chi connectivity index (χ1n) is 5.34. The Balaban J connectivity index is 2.81. The monoisotopic (exact) mass is 245 g/mol. The Bertz CT molecular complexity index is 721. The van der Waals surface area contributed by atoms with E-state index in [0.717, 1.165) is 5.52 Å². The molecule has 0 radical (unpaired) electrons. The van der Waals surface area contributed by atoms with E-state index in [4.69, 9.17) is 5.73 Å². The Morgan fingerprint density at radius 2 is 2.33 bits per heavy atom.